The molecular formula is C17H29IN4O. The second-order valence-electron chi connectivity index (χ2n) is 6.12. The molecule has 2 rings (SSSR count). The van der Waals surface area contributed by atoms with Gasteiger partial charge >= 0.3 is 0 Å². The number of hydrogen-bond donors (Lipinski definition) is 1. The smallest absolute Gasteiger partial charge is 0.193 e. The number of aromatic nitrogens is 1. The number of pyridine rings is 1. The van der Waals surface area contributed by atoms with Crippen LogP contribution in [-0.2, 0) is 6.54 Å². The van der Waals surface area contributed by atoms with Gasteiger partial charge in [0.25, 0.3) is 0 Å². The number of methoxy groups -OCH3 is 1. The summed E-state index contributed by atoms with van der Waals surface area (Å²) in [5.41, 5.74) is 3.17. The molecule has 5 nitrogen and oxygen atoms in total. The monoisotopic (exact) mass is 432 g/mol. The van der Waals surface area contributed by atoms with Crippen LogP contribution in [0.2, 0.25) is 0 Å². The Labute approximate surface area is 156 Å². The first kappa shape index (κ1) is 20.0. The summed E-state index contributed by atoms with van der Waals surface area (Å²) in [5.74, 6) is 2.71. The SMILES string of the molecule is CN=C(NCc1ncc(C)c(OC)c1C)N1CCC(C)CC1.I. The summed E-state index contributed by atoms with van der Waals surface area (Å²) in [6.45, 7) is 9.21. The molecule has 1 saturated heterocycles. The van der Waals surface area contributed by atoms with Crippen molar-refractivity contribution >= 4 is 29.9 Å². The van der Waals surface area contributed by atoms with Crippen molar-refractivity contribution in [1.29, 1.82) is 0 Å². The zero-order chi connectivity index (χ0) is 16.1. The van der Waals surface area contributed by atoms with Crippen LogP contribution in [-0.4, -0.2) is 43.1 Å². The molecule has 1 aromatic heterocycles. The summed E-state index contributed by atoms with van der Waals surface area (Å²) >= 11 is 0. The van der Waals surface area contributed by atoms with E-state index in [1.54, 1.807) is 7.11 Å². The zero-order valence-corrected chi connectivity index (χ0v) is 17.2. The molecule has 1 fully saturated rings. The fourth-order valence-electron chi connectivity index (χ4n) is 2.96. The predicted octanol–water partition coefficient (Wildman–Crippen LogP) is 3.13. The van der Waals surface area contributed by atoms with E-state index < -0.39 is 0 Å². The molecule has 0 amide bonds. The molecule has 1 aliphatic heterocycles. The van der Waals surface area contributed by atoms with Crippen molar-refractivity contribution in [2.75, 3.05) is 27.2 Å². The molecule has 0 bridgehead atoms. The van der Waals surface area contributed by atoms with E-state index in [9.17, 15) is 0 Å². The molecular weight excluding hydrogens is 403 g/mol. The Kier molecular flexibility index (Phi) is 8.08. The normalized spacial score (nSPS) is 16.0. The van der Waals surface area contributed by atoms with Crippen molar-refractivity contribution in [1.82, 2.24) is 15.2 Å². The van der Waals surface area contributed by atoms with Crippen LogP contribution in [0.15, 0.2) is 11.2 Å². The maximum atomic E-state index is 5.47. The molecule has 6 heteroatoms. The molecule has 0 unspecified atom stereocenters. The first-order valence-corrected chi connectivity index (χ1v) is 8.01. The molecule has 1 N–H and O–H groups in total. The van der Waals surface area contributed by atoms with Gasteiger partial charge in [0.05, 0.1) is 19.3 Å². The van der Waals surface area contributed by atoms with Crippen LogP contribution in [0, 0.1) is 19.8 Å². The molecule has 0 spiro atoms. The third-order valence-electron chi connectivity index (χ3n) is 4.46. The van der Waals surface area contributed by atoms with Gasteiger partial charge in [-0.2, -0.15) is 0 Å². The Morgan fingerprint density at radius 2 is 2.04 bits per heavy atom. The van der Waals surface area contributed by atoms with Gasteiger partial charge in [-0.3, -0.25) is 9.98 Å². The highest BCUT2D eigenvalue weighted by Gasteiger charge is 2.19. The average Bonchev–Trinajstić information content (AvgIpc) is 2.52. The molecule has 1 aliphatic rings. The van der Waals surface area contributed by atoms with E-state index in [0.717, 1.165) is 47.5 Å². The van der Waals surface area contributed by atoms with Crippen LogP contribution in [0.4, 0.5) is 0 Å². The van der Waals surface area contributed by atoms with Crippen molar-refractivity contribution in [3.05, 3.63) is 23.0 Å². The third-order valence-corrected chi connectivity index (χ3v) is 4.46. The maximum absolute atomic E-state index is 5.47. The Balaban J connectivity index is 0.00000264. The largest absolute Gasteiger partial charge is 0.496 e. The summed E-state index contributed by atoms with van der Waals surface area (Å²) in [6.07, 6.45) is 4.33. The van der Waals surface area contributed by atoms with Crippen LogP contribution in [0.25, 0.3) is 0 Å². The summed E-state index contributed by atoms with van der Waals surface area (Å²) in [6, 6.07) is 0. The number of rotatable bonds is 3. The molecule has 2 heterocycles. The first-order chi connectivity index (χ1) is 10.6. The lowest BCUT2D eigenvalue weighted by Crippen LogP contribution is -2.45. The van der Waals surface area contributed by atoms with E-state index >= 15 is 0 Å². The minimum absolute atomic E-state index is 0. The lowest BCUT2D eigenvalue weighted by molar-refractivity contribution is 0.273. The maximum Gasteiger partial charge on any atom is 0.193 e. The highest BCUT2D eigenvalue weighted by molar-refractivity contribution is 14.0. The highest BCUT2D eigenvalue weighted by atomic mass is 127. The van der Waals surface area contributed by atoms with E-state index in [4.69, 9.17) is 4.74 Å². The number of hydrogen-bond acceptors (Lipinski definition) is 3. The van der Waals surface area contributed by atoms with Gasteiger partial charge < -0.3 is 15.0 Å². The predicted molar refractivity (Wildman–Crippen MR) is 106 cm³/mol. The van der Waals surface area contributed by atoms with E-state index in [1.165, 1.54) is 12.8 Å². The molecule has 1 aromatic rings. The number of guanidine groups is 1. The van der Waals surface area contributed by atoms with E-state index in [0.29, 0.717) is 6.54 Å². The lowest BCUT2D eigenvalue weighted by atomic mass is 9.99. The van der Waals surface area contributed by atoms with Gasteiger partial charge in [0, 0.05) is 37.5 Å². The Hall–Kier alpha value is -1.05. The van der Waals surface area contributed by atoms with Crippen molar-refractivity contribution in [3.63, 3.8) is 0 Å². The minimum atomic E-state index is 0. The Morgan fingerprint density at radius 3 is 2.61 bits per heavy atom. The van der Waals surface area contributed by atoms with Crippen LogP contribution < -0.4 is 10.1 Å². The summed E-state index contributed by atoms with van der Waals surface area (Å²) in [4.78, 5) is 11.3. The molecule has 130 valence electrons. The van der Waals surface area contributed by atoms with Gasteiger partial charge in [-0.1, -0.05) is 6.92 Å². The van der Waals surface area contributed by atoms with E-state index in [2.05, 4.69) is 34.0 Å². The number of halogens is 1. The Morgan fingerprint density at radius 1 is 1.39 bits per heavy atom. The molecule has 0 saturated carbocycles. The molecule has 0 aromatic carbocycles. The summed E-state index contributed by atoms with van der Waals surface area (Å²) in [5, 5.41) is 3.44. The quantitative estimate of drug-likeness (QED) is 0.453. The summed E-state index contributed by atoms with van der Waals surface area (Å²) in [7, 11) is 3.55. The fourth-order valence-corrected chi connectivity index (χ4v) is 2.96. The number of aryl methyl sites for hydroxylation is 1. The number of aliphatic imine (C=N–C) groups is 1. The number of ether oxygens (including phenoxy) is 1. The van der Waals surface area contributed by atoms with E-state index in [-0.39, 0.29) is 24.0 Å². The van der Waals surface area contributed by atoms with Gasteiger partial charge in [0.1, 0.15) is 5.75 Å². The van der Waals surface area contributed by atoms with E-state index in [1.807, 2.05) is 20.2 Å². The van der Waals surface area contributed by atoms with Crippen LogP contribution in [0.5, 0.6) is 5.75 Å². The van der Waals surface area contributed by atoms with Gasteiger partial charge in [-0.15, -0.1) is 24.0 Å². The lowest BCUT2D eigenvalue weighted by Gasteiger charge is -2.33. The van der Waals surface area contributed by atoms with Gasteiger partial charge in [0.2, 0.25) is 0 Å². The number of likely N-dealkylation sites (tertiary alicyclic amines) is 1. The van der Waals surface area contributed by atoms with Crippen LogP contribution >= 0.6 is 24.0 Å². The number of piperidine rings is 1. The van der Waals surface area contributed by atoms with Gasteiger partial charge in [0.15, 0.2) is 5.96 Å². The van der Waals surface area contributed by atoms with Crippen molar-refractivity contribution < 1.29 is 4.74 Å². The topological polar surface area (TPSA) is 49.8 Å². The highest BCUT2D eigenvalue weighted by Crippen LogP contribution is 2.24. The third kappa shape index (κ3) is 4.96. The van der Waals surface area contributed by atoms with Crippen LogP contribution in [0.3, 0.4) is 0 Å². The summed E-state index contributed by atoms with van der Waals surface area (Å²) < 4.78 is 5.47. The van der Waals surface area contributed by atoms with Gasteiger partial charge in [-0.05, 0) is 32.6 Å². The number of nitrogens with zero attached hydrogens (tertiary/aromatic N) is 3. The van der Waals surface area contributed by atoms with Crippen molar-refractivity contribution in [2.45, 2.75) is 40.2 Å². The molecule has 0 aliphatic carbocycles. The zero-order valence-electron chi connectivity index (χ0n) is 14.8. The average molecular weight is 432 g/mol. The molecule has 0 atom stereocenters. The molecule has 23 heavy (non-hydrogen) atoms. The Bertz CT molecular complexity index is 540. The first-order valence-electron chi connectivity index (χ1n) is 8.01. The number of nitrogens with one attached hydrogen (secondary N) is 1. The minimum Gasteiger partial charge on any atom is -0.496 e. The van der Waals surface area contributed by atoms with Crippen molar-refractivity contribution in [2.24, 2.45) is 10.9 Å². The fraction of sp³-hybridized carbons (Fsp3) is 0.647. The van der Waals surface area contributed by atoms with Crippen LogP contribution in [0.1, 0.15) is 36.6 Å². The second-order valence-corrected chi connectivity index (χ2v) is 6.12. The standard InChI is InChI=1S/C17H28N4O.HI/c1-12-6-8-21(9-7-12)17(18-4)20-11-15-14(3)16(22-5)13(2)10-19-15;/h10,12H,6-9,11H2,1-5H3,(H,18,20);1H. The second kappa shape index (κ2) is 9.30. The van der Waals surface area contributed by atoms with Gasteiger partial charge in [-0.25, -0.2) is 0 Å². The van der Waals surface area contributed by atoms with Crippen molar-refractivity contribution in [3.8, 4) is 5.75 Å². The molecule has 0 radical (unpaired) electrons.